The minimum atomic E-state index is -4.70. The van der Waals surface area contributed by atoms with Crippen molar-refractivity contribution in [2.24, 2.45) is 0 Å². The largest absolute Gasteiger partial charge is 0.433 e. The second-order valence-electron chi connectivity index (χ2n) is 7.09. The van der Waals surface area contributed by atoms with Gasteiger partial charge in [-0.2, -0.15) is 23.4 Å². The fourth-order valence-corrected chi connectivity index (χ4v) is 3.50. The average Bonchev–Trinajstić information content (AvgIpc) is 3.22. The van der Waals surface area contributed by atoms with Gasteiger partial charge in [-0.05, 0) is 37.6 Å². The molecule has 0 radical (unpaired) electrons. The molecule has 1 aromatic carbocycles. The first-order chi connectivity index (χ1) is 15.0. The number of benzene rings is 1. The number of aromatic nitrogens is 5. The van der Waals surface area contributed by atoms with Crippen LogP contribution in [0.3, 0.4) is 0 Å². The molecule has 3 heterocycles. The summed E-state index contributed by atoms with van der Waals surface area (Å²) in [4.78, 5) is 16.7. The zero-order valence-electron chi connectivity index (χ0n) is 16.7. The molecule has 0 fully saturated rings. The number of amides is 1. The molecule has 0 bridgehead atoms. The Kier molecular flexibility index (Phi) is 5.59. The molecular weight excluding hydrogens is 468 g/mol. The van der Waals surface area contributed by atoms with Crippen molar-refractivity contribution in [1.82, 2.24) is 24.4 Å². The summed E-state index contributed by atoms with van der Waals surface area (Å²) < 4.78 is 42.3. The van der Waals surface area contributed by atoms with Gasteiger partial charge in [-0.25, -0.2) is 9.50 Å². The van der Waals surface area contributed by atoms with Crippen molar-refractivity contribution in [3.63, 3.8) is 0 Å². The van der Waals surface area contributed by atoms with Crippen LogP contribution < -0.4 is 5.32 Å². The Morgan fingerprint density at radius 1 is 1.09 bits per heavy atom. The predicted octanol–water partition coefficient (Wildman–Crippen LogP) is 5.17. The van der Waals surface area contributed by atoms with Gasteiger partial charge in [0.15, 0.2) is 17.2 Å². The summed E-state index contributed by atoms with van der Waals surface area (Å²) in [6, 6.07) is 9.68. The third kappa shape index (κ3) is 4.28. The maximum atomic E-state index is 13.4. The molecule has 7 nitrogen and oxygen atoms in total. The number of aryl methyl sites for hydroxylation is 2. The van der Waals surface area contributed by atoms with Crippen LogP contribution in [0.25, 0.3) is 5.65 Å². The lowest BCUT2D eigenvalue weighted by Gasteiger charge is -2.09. The number of nitrogens with one attached hydrogen (secondary N) is 1. The van der Waals surface area contributed by atoms with Gasteiger partial charge in [-0.3, -0.25) is 9.48 Å². The Balaban J connectivity index is 1.62. The Morgan fingerprint density at radius 3 is 2.44 bits per heavy atom. The maximum Gasteiger partial charge on any atom is 0.433 e. The minimum absolute atomic E-state index is 0.0927. The van der Waals surface area contributed by atoms with Crippen LogP contribution in [0, 0.1) is 13.8 Å². The van der Waals surface area contributed by atoms with Crippen LogP contribution >= 0.6 is 23.2 Å². The molecule has 0 aliphatic rings. The van der Waals surface area contributed by atoms with E-state index in [-0.39, 0.29) is 27.9 Å². The monoisotopic (exact) mass is 482 g/mol. The molecule has 3 aromatic heterocycles. The summed E-state index contributed by atoms with van der Waals surface area (Å²) in [6.07, 6.45) is -4.70. The lowest BCUT2D eigenvalue weighted by Crippen LogP contribution is -2.16. The van der Waals surface area contributed by atoms with Crippen LogP contribution in [0.15, 0.2) is 36.4 Å². The third-order valence-electron chi connectivity index (χ3n) is 4.63. The molecule has 1 amide bonds. The van der Waals surface area contributed by atoms with E-state index in [9.17, 15) is 18.0 Å². The van der Waals surface area contributed by atoms with Crippen LogP contribution in [0.4, 0.5) is 19.0 Å². The zero-order chi connectivity index (χ0) is 23.2. The Labute approximate surface area is 189 Å². The van der Waals surface area contributed by atoms with E-state index in [4.69, 9.17) is 23.2 Å². The van der Waals surface area contributed by atoms with E-state index in [1.807, 2.05) is 12.1 Å². The van der Waals surface area contributed by atoms with Gasteiger partial charge in [0.2, 0.25) is 0 Å². The maximum absolute atomic E-state index is 13.4. The van der Waals surface area contributed by atoms with Crippen molar-refractivity contribution in [3.8, 4) is 0 Å². The highest BCUT2D eigenvalue weighted by atomic mass is 35.5. The van der Waals surface area contributed by atoms with Crippen LogP contribution in [0.1, 0.15) is 33.1 Å². The van der Waals surface area contributed by atoms with Crippen molar-refractivity contribution in [2.45, 2.75) is 26.6 Å². The summed E-state index contributed by atoms with van der Waals surface area (Å²) in [6.45, 7) is 3.64. The molecule has 0 atom stereocenters. The average molecular weight is 483 g/mol. The summed E-state index contributed by atoms with van der Waals surface area (Å²) in [5.41, 5.74) is 0.0731. The van der Waals surface area contributed by atoms with Gasteiger partial charge in [0, 0.05) is 22.5 Å². The van der Waals surface area contributed by atoms with Crippen molar-refractivity contribution in [2.75, 3.05) is 5.32 Å². The van der Waals surface area contributed by atoms with E-state index < -0.39 is 17.8 Å². The highest BCUT2D eigenvalue weighted by Gasteiger charge is 2.36. The van der Waals surface area contributed by atoms with E-state index in [0.29, 0.717) is 16.1 Å². The fourth-order valence-electron chi connectivity index (χ4n) is 3.13. The highest BCUT2D eigenvalue weighted by Crippen LogP contribution is 2.32. The number of fused-ring (bicyclic) bond motifs is 1. The summed E-state index contributed by atoms with van der Waals surface area (Å²) in [5, 5.41) is 10.9. The Bertz CT molecular complexity index is 1330. The summed E-state index contributed by atoms with van der Waals surface area (Å²) >= 11 is 12.1. The molecule has 166 valence electrons. The molecule has 32 heavy (non-hydrogen) atoms. The summed E-state index contributed by atoms with van der Waals surface area (Å²) in [5.74, 6) is -0.600. The molecule has 0 saturated heterocycles. The minimum Gasteiger partial charge on any atom is -0.304 e. The number of alkyl halides is 3. The van der Waals surface area contributed by atoms with E-state index in [1.165, 1.54) is 6.92 Å². The molecule has 1 N–H and O–H groups in total. The van der Waals surface area contributed by atoms with E-state index in [2.05, 4.69) is 20.5 Å². The topological polar surface area (TPSA) is 77.1 Å². The number of nitrogens with zero attached hydrogens (tertiary/aromatic N) is 5. The quantitative estimate of drug-likeness (QED) is 0.435. The third-order valence-corrected chi connectivity index (χ3v) is 5.23. The predicted molar refractivity (Wildman–Crippen MR) is 113 cm³/mol. The zero-order valence-corrected chi connectivity index (χ0v) is 18.2. The molecule has 12 heteroatoms. The SMILES string of the molecule is Cc1cc(C(F)(F)F)n2nc(C(=O)Nc3cc(C)n(Cc4ccc(Cl)cc4)n3)c(Cl)c2n1. The van der Waals surface area contributed by atoms with E-state index in [0.717, 1.165) is 17.3 Å². The van der Waals surface area contributed by atoms with Gasteiger partial charge in [0.05, 0.1) is 6.54 Å². The number of carbonyl (C=O) groups is 1. The smallest absolute Gasteiger partial charge is 0.304 e. The van der Waals surface area contributed by atoms with Gasteiger partial charge in [0.25, 0.3) is 5.91 Å². The van der Waals surface area contributed by atoms with Gasteiger partial charge in [-0.1, -0.05) is 35.3 Å². The Hall–Kier alpha value is -3.11. The van der Waals surface area contributed by atoms with Gasteiger partial charge in [0.1, 0.15) is 10.7 Å². The molecule has 0 spiro atoms. The van der Waals surface area contributed by atoms with Crippen molar-refractivity contribution in [3.05, 3.63) is 74.8 Å². The van der Waals surface area contributed by atoms with Crippen molar-refractivity contribution >= 4 is 40.6 Å². The number of halogens is 5. The van der Waals surface area contributed by atoms with E-state index >= 15 is 0 Å². The number of rotatable bonds is 4. The Morgan fingerprint density at radius 2 is 1.78 bits per heavy atom. The number of hydrogen-bond donors (Lipinski definition) is 1. The molecule has 4 rings (SSSR count). The second-order valence-corrected chi connectivity index (χ2v) is 7.90. The van der Waals surface area contributed by atoms with Gasteiger partial charge < -0.3 is 5.32 Å². The lowest BCUT2D eigenvalue weighted by atomic mass is 10.2. The van der Waals surface area contributed by atoms with Gasteiger partial charge >= 0.3 is 6.18 Å². The molecule has 0 saturated carbocycles. The van der Waals surface area contributed by atoms with Crippen molar-refractivity contribution in [1.29, 1.82) is 0 Å². The normalized spacial score (nSPS) is 11.8. The molecule has 4 aromatic rings. The first kappa shape index (κ1) is 22.1. The van der Waals surface area contributed by atoms with Crippen LogP contribution in [0.5, 0.6) is 0 Å². The first-order valence-electron chi connectivity index (χ1n) is 9.26. The van der Waals surface area contributed by atoms with E-state index in [1.54, 1.807) is 29.8 Å². The molecular formula is C20H15Cl2F3N6O. The van der Waals surface area contributed by atoms with Gasteiger partial charge in [-0.15, -0.1) is 0 Å². The first-order valence-corrected chi connectivity index (χ1v) is 10.0. The summed E-state index contributed by atoms with van der Waals surface area (Å²) in [7, 11) is 0. The lowest BCUT2D eigenvalue weighted by molar-refractivity contribution is -0.142. The molecule has 0 unspecified atom stereocenters. The van der Waals surface area contributed by atoms with Crippen LogP contribution in [-0.4, -0.2) is 30.3 Å². The fraction of sp³-hybridized carbons (Fsp3) is 0.200. The van der Waals surface area contributed by atoms with Crippen LogP contribution in [-0.2, 0) is 12.7 Å². The standard InChI is InChI=1S/C20H15Cl2F3N6O/c1-10-7-14(20(23,24)25)31-18(26-10)16(22)17(29-31)19(32)27-15-8-11(2)30(28-15)9-12-3-5-13(21)6-4-12/h3-8H,9H2,1-2H3,(H,27,28,32). The number of carbonyl (C=O) groups excluding carboxylic acids is 1. The molecule has 0 aliphatic heterocycles. The number of anilines is 1. The highest BCUT2D eigenvalue weighted by molar-refractivity contribution is 6.37. The second kappa shape index (κ2) is 8.10. The number of hydrogen-bond acceptors (Lipinski definition) is 4. The molecule has 0 aliphatic carbocycles. The van der Waals surface area contributed by atoms with Crippen LogP contribution in [0.2, 0.25) is 10.0 Å². The van der Waals surface area contributed by atoms with Crippen molar-refractivity contribution < 1.29 is 18.0 Å².